The standard InChI is InChI=1S/C11H16ClNS/c1-2-5-13-7-8-6-9(8)10-3-4-11(12)14-10/h3-4,8-9,13H,2,5-7H2,1H3. The molecule has 1 saturated carbocycles. The van der Waals surface area contributed by atoms with Gasteiger partial charge in [0.25, 0.3) is 0 Å². The van der Waals surface area contributed by atoms with Gasteiger partial charge in [0.05, 0.1) is 4.34 Å². The summed E-state index contributed by atoms with van der Waals surface area (Å²) >= 11 is 7.65. The van der Waals surface area contributed by atoms with E-state index in [4.69, 9.17) is 11.6 Å². The lowest BCUT2D eigenvalue weighted by Crippen LogP contribution is -2.17. The minimum atomic E-state index is 0.789. The van der Waals surface area contributed by atoms with Gasteiger partial charge in [0.15, 0.2) is 0 Å². The highest BCUT2D eigenvalue weighted by Crippen LogP contribution is 2.49. The zero-order chi connectivity index (χ0) is 9.97. The predicted octanol–water partition coefficient (Wildman–Crippen LogP) is 3.50. The number of thiophene rings is 1. The zero-order valence-electron chi connectivity index (χ0n) is 8.42. The normalized spacial score (nSPS) is 25.3. The van der Waals surface area contributed by atoms with Gasteiger partial charge in [-0.2, -0.15) is 0 Å². The smallest absolute Gasteiger partial charge is 0.0931 e. The van der Waals surface area contributed by atoms with Crippen molar-refractivity contribution in [1.29, 1.82) is 0 Å². The molecule has 1 nitrogen and oxygen atoms in total. The van der Waals surface area contributed by atoms with Crippen molar-refractivity contribution in [2.75, 3.05) is 13.1 Å². The van der Waals surface area contributed by atoms with Crippen molar-refractivity contribution in [1.82, 2.24) is 5.32 Å². The van der Waals surface area contributed by atoms with Gasteiger partial charge in [0, 0.05) is 4.88 Å². The van der Waals surface area contributed by atoms with Crippen LogP contribution in [0.5, 0.6) is 0 Å². The molecule has 2 rings (SSSR count). The predicted molar refractivity (Wildman–Crippen MR) is 63.3 cm³/mol. The van der Waals surface area contributed by atoms with E-state index in [1.54, 1.807) is 11.3 Å². The third-order valence-corrected chi connectivity index (χ3v) is 4.08. The summed E-state index contributed by atoms with van der Waals surface area (Å²) in [6, 6.07) is 4.19. The Balaban J connectivity index is 1.76. The average molecular weight is 230 g/mol. The summed E-state index contributed by atoms with van der Waals surface area (Å²) < 4.78 is 0.923. The molecule has 0 spiro atoms. The molecule has 1 fully saturated rings. The largest absolute Gasteiger partial charge is 0.316 e. The number of halogens is 1. The van der Waals surface area contributed by atoms with Crippen LogP contribution in [0.4, 0.5) is 0 Å². The minimum absolute atomic E-state index is 0.789. The lowest BCUT2D eigenvalue weighted by atomic mass is 10.2. The maximum absolute atomic E-state index is 5.91. The Kier molecular flexibility index (Phi) is 3.47. The Hall–Kier alpha value is -0.0500. The van der Waals surface area contributed by atoms with E-state index in [1.165, 1.54) is 24.3 Å². The molecule has 1 aromatic rings. The van der Waals surface area contributed by atoms with Crippen molar-refractivity contribution in [2.45, 2.75) is 25.7 Å². The van der Waals surface area contributed by atoms with Gasteiger partial charge in [-0.15, -0.1) is 11.3 Å². The highest BCUT2D eigenvalue weighted by atomic mass is 35.5. The summed E-state index contributed by atoms with van der Waals surface area (Å²) in [6.45, 7) is 4.53. The fourth-order valence-corrected chi connectivity index (χ4v) is 3.08. The Labute approximate surface area is 94.5 Å². The van der Waals surface area contributed by atoms with Crippen LogP contribution < -0.4 is 5.32 Å². The molecule has 0 amide bonds. The molecular weight excluding hydrogens is 214 g/mol. The molecule has 2 atom stereocenters. The quantitative estimate of drug-likeness (QED) is 0.763. The van der Waals surface area contributed by atoms with Crippen LogP contribution in [0.1, 0.15) is 30.6 Å². The Morgan fingerprint density at radius 3 is 3.07 bits per heavy atom. The van der Waals surface area contributed by atoms with Crippen LogP contribution in [0.3, 0.4) is 0 Å². The molecule has 1 aliphatic rings. The highest BCUT2D eigenvalue weighted by Gasteiger charge is 2.38. The molecule has 0 radical (unpaired) electrons. The van der Waals surface area contributed by atoms with Gasteiger partial charge in [-0.05, 0) is 49.9 Å². The van der Waals surface area contributed by atoms with E-state index in [0.717, 1.165) is 22.7 Å². The first kappa shape index (κ1) is 10.5. The first-order valence-corrected chi connectivity index (χ1v) is 6.46. The maximum atomic E-state index is 5.91. The molecule has 1 aromatic heterocycles. The monoisotopic (exact) mass is 229 g/mol. The highest BCUT2D eigenvalue weighted by molar-refractivity contribution is 7.16. The van der Waals surface area contributed by atoms with Crippen LogP contribution in [0, 0.1) is 5.92 Å². The molecule has 0 bridgehead atoms. The van der Waals surface area contributed by atoms with Crippen molar-refractivity contribution < 1.29 is 0 Å². The van der Waals surface area contributed by atoms with Gasteiger partial charge in [-0.25, -0.2) is 0 Å². The SMILES string of the molecule is CCCNCC1CC1c1ccc(Cl)s1. The zero-order valence-corrected chi connectivity index (χ0v) is 10.00. The summed E-state index contributed by atoms with van der Waals surface area (Å²) in [7, 11) is 0. The third-order valence-electron chi connectivity index (χ3n) is 2.72. The van der Waals surface area contributed by atoms with E-state index in [-0.39, 0.29) is 0 Å². The van der Waals surface area contributed by atoms with Crippen molar-refractivity contribution >= 4 is 22.9 Å². The lowest BCUT2D eigenvalue weighted by molar-refractivity contribution is 0.621. The molecular formula is C11H16ClNS. The van der Waals surface area contributed by atoms with Crippen molar-refractivity contribution in [3.8, 4) is 0 Å². The molecule has 14 heavy (non-hydrogen) atoms. The van der Waals surface area contributed by atoms with Gasteiger partial charge < -0.3 is 5.32 Å². The summed E-state index contributed by atoms with van der Waals surface area (Å²) in [5.74, 6) is 1.65. The second-order valence-corrected chi connectivity index (χ2v) is 5.69. The second kappa shape index (κ2) is 4.65. The summed E-state index contributed by atoms with van der Waals surface area (Å²) in [4.78, 5) is 1.47. The van der Waals surface area contributed by atoms with Crippen molar-refractivity contribution in [2.24, 2.45) is 5.92 Å². The van der Waals surface area contributed by atoms with E-state index in [1.807, 2.05) is 6.07 Å². The van der Waals surface area contributed by atoms with E-state index < -0.39 is 0 Å². The fourth-order valence-electron chi connectivity index (χ4n) is 1.81. The third kappa shape index (κ3) is 2.50. The number of nitrogens with one attached hydrogen (secondary N) is 1. The Morgan fingerprint density at radius 2 is 2.43 bits per heavy atom. The summed E-state index contributed by atoms with van der Waals surface area (Å²) in [6.07, 6.45) is 2.57. The van der Waals surface area contributed by atoms with Gasteiger partial charge in [0.1, 0.15) is 0 Å². The van der Waals surface area contributed by atoms with E-state index in [2.05, 4.69) is 18.3 Å². The second-order valence-electron chi connectivity index (χ2n) is 3.95. The number of rotatable bonds is 5. The van der Waals surface area contributed by atoms with Gasteiger partial charge in [-0.1, -0.05) is 18.5 Å². The Bertz CT molecular complexity index is 297. The van der Waals surface area contributed by atoms with Gasteiger partial charge in [0.2, 0.25) is 0 Å². The molecule has 3 heteroatoms. The van der Waals surface area contributed by atoms with Crippen molar-refractivity contribution in [3.05, 3.63) is 21.3 Å². The minimum Gasteiger partial charge on any atom is -0.316 e. The topological polar surface area (TPSA) is 12.0 Å². The molecule has 1 heterocycles. The molecule has 0 saturated heterocycles. The maximum Gasteiger partial charge on any atom is 0.0931 e. The first-order valence-electron chi connectivity index (χ1n) is 5.27. The van der Waals surface area contributed by atoms with Crippen LogP contribution >= 0.6 is 22.9 Å². The molecule has 1 N–H and O–H groups in total. The molecule has 0 aliphatic heterocycles. The van der Waals surface area contributed by atoms with E-state index in [9.17, 15) is 0 Å². The molecule has 2 unspecified atom stereocenters. The van der Waals surface area contributed by atoms with Gasteiger partial charge in [-0.3, -0.25) is 0 Å². The van der Waals surface area contributed by atoms with Crippen molar-refractivity contribution in [3.63, 3.8) is 0 Å². The summed E-state index contributed by atoms with van der Waals surface area (Å²) in [5, 5.41) is 3.48. The lowest BCUT2D eigenvalue weighted by Gasteiger charge is -2.00. The van der Waals surface area contributed by atoms with Crippen LogP contribution in [-0.2, 0) is 0 Å². The van der Waals surface area contributed by atoms with Crippen LogP contribution in [0.2, 0.25) is 4.34 Å². The number of hydrogen-bond donors (Lipinski definition) is 1. The molecule has 0 aromatic carbocycles. The van der Waals surface area contributed by atoms with Crippen LogP contribution in [0.15, 0.2) is 12.1 Å². The van der Waals surface area contributed by atoms with E-state index >= 15 is 0 Å². The Morgan fingerprint density at radius 1 is 1.57 bits per heavy atom. The first-order chi connectivity index (χ1) is 6.81. The molecule has 1 aliphatic carbocycles. The van der Waals surface area contributed by atoms with Gasteiger partial charge >= 0.3 is 0 Å². The van der Waals surface area contributed by atoms with E-state index in [0.29, 0.717) is 0 Å². The fraction of sp³-hybridized carbons (Fsp3) is 0.636. The average Bonchev–Trinajstić information content (AvgIpc) is 2.81. The number of hydrogen-bond acceptors (Lipinski definition) is 2. The molecule has 78 valence electrons. The van der Waals surface area contributed by atoms with Crippen LogP contribution in [-0.4, -0.2) is 13.1 Å². The summed E-state index contributed by atoms with van der Waals surface area (Å²) in [5.41, 5.74) is 0. The van der Waals surface area contributed by atoms with Crippen LogP contribution in [0.25, 0.3) is 0 Å².